The SMILES string of the molecule is COc1cc(N2C(=S)N[C@@H](c3ccccn3)[C@H]2c2ccc(-c3ccc(F)cc3Br)o2)ccc1NC(=O)C(C)(C)C. The van der Waals surface area contributed by atoms with Gasteiger partial charge < -0.3 is 24.7 Å². The van der Waals surface area contributed by atoms with E-state index in [-0.39, 0.29) is 17.8 Å². The van der Waals surface area contributed by atoms with Gasteiger partial charge in [0, 0.05) is 33.4 Å². The second-order valence-electron chi connectivity index (χ2n) is 10.4. The number of rotatable bonds is 6. The number of aromatic nitrogens is 1. The second kappa shape index (κ2) is 11.0. The molecule has 7 nitrogen and oxygen atoms in total. The van der Waals surface area contributed by atoms with Crippen molar-refractivity contribution in [3.05, 3.63) is 94.7 Å². The molecule has 0 aliphatic carbocycles. The van der Waals surface area contributed by atoms with Crippen LogP contribution in [0, 0.1) is 11.2 Å². The van der Waals surface area contributed by atoms with Crippen molar-refractivity contribution in [2.75, 3.05) is 17.3 Å². The van der Waals surface area contributed by atoms with Crippen LogP contribution in [0.1, 0.15) is 44.3 Å². The second-order valence-corrected chi connectivity index (χ2v) is 11.7. The van der Waals surface area contributed by atoms with Crippen LogP contribution in [0.15, 0.2) is 81.8 Å². The first-order chi connectivity index (χ1) is 19.1. The van der Waals surface area contributed by atoms with Gasteiger partial charge in [-0.1, -0.05) is 26.8 Å². The monoisotopic (exact) mass is 622 g/mol. The van der Waals surface area contributed by atoms with Gasteiger partial charge in [0.1, 0.15) is 29.1 Å². The molecule has 0 saturated carbocycles. The molecule has 1 fully saturated rings. The summed E-state index contributed by atoms with van der Waals surface area (Å²) in [5, 5.41) is 6.83. The molecule has 2 aromatic heterocycles. The summed E-state index contributed by atoms with van der Waals surface area (Å²) in [6, 6.07) is 18.7. The van der Waals surface area contributed by atoms with E-state index in [2.05, 4.69) is 31.5 Å². The van der Waals surface area contributed by atoms with Crippen LogP contribution in [0.2, 0.25) is 0 Å². The normalized spacial score (nSPS) is 17.1. The molecule has 40 heavy (non-hydrogen) atoms. The third-order valence-electron chi connectivity index (χ3n) is 6.61. The van der Waals surface area contributed by atoms with Crippen LogP contribution < -0.4 is 20.3 Å². The molecule has 2 atom stereocenters. The lowest BCUT2D eigenvalue weighted by Gasteiger charge is -2.27. The van der Waals surface area contributed by atoms with Crippen molar-refractivity contribution in [3.8, 4) is 17.1 Å². The summed E-state index contributed by atoms with van der Waals surface area (Å²) in [5.41, 5.74) is 2.25. The van der Waals surface area contributed by atoms with Crippen LogP contribution in [0.5, 0.6) is 5.75 Å². The largest absolute Gasteiger partial charge is 0.494 e. The first-order valence-corrected chi connectivity index (χ1v) is 13.8. The topological polar surface area (TPSA) is 79.6 Å². The van der Waals surface area contributed by atoms with Crippen LogP contribution in [0.3, 0.4) is 0 Å². The molecule has 5 rings (SSSR count). The van der Waals surface area contributed by atoms with Crippen LogP contribution in [0.25, 0.3) is 11.3 Å². The molecule has 10 heteroatoms. The van der Waals surface area contributed by atoms with Gasteiger partial charge >= 0.3 is 0 Å². The predicted molar refractivity (Wildman–Crippen MR) is 161 cm³/mol. The highest BCUT2D eigenvalue weighted by Crippen LogP contribution is 2.45. The highest BCUT2D eigenvalue weighted by Gasteiger charge is 2.43. The summed E-state index contributed by atoms with van der Waals surface area (Å²) in [5.74, 6) is 1.24. The fourth-order valence-electron chi connectivity index (χ4n) is 4.51. The van der Waals surface area contributed by atoms with Gasteiger partial charge in [0.05, 0.1) is 24.5 Å². The molecule has 3 heterocycles. The highest BCUT2D eigenvalue weighted by atomic mass is 79.9. The van der Waals surface area contributed by atoms with Crippen molar-refractivity contribution in [1.29, 1.82) is 0 Å². The predicted octanol–water partition coefficient (Wildman–Crippen LogP) is 7.41. The smallest absolute Gasteiger partial charge is 0.229 e. The average Bonchev–Trinajstić information content (AvgIpc) is 3.53. The summed E-state index contributed by atoms with van der Waals surface area (Å²) >= 11 is 9.27. The Labute approximate surface area is 245 Å². The van der Waals surface area contributed by atoms with Gasteiger partial charge in [-0.25, -0.2) is 4.39 Å². The van der Waals surface area contributed by atoms with E-state index in [9.17, 15) is 9.18 Å². The number of nitrogens with one attached hydrogen (secondary N) is 2. The zero-order chi connectivity index (χ0) is 28.6. The van der Waals surface area contributed by atoms with Crippen molar-refractivity contribution in [2.45, 2.75) is 32.9 Å². The lowest BCUT2D eigenvalue weighted by Crippen LogP contribution is -2.30. The van der Waals surface area contributed by atoms with Crippen molar-refractivity contribution >= 4 is 50.5 Å². The van der Waals surface area contributed by atoms with Gasteiger partial charge in [-0.2, -0.15) is 0 Å². The molecule has 1 amide bonds. The Balaban J connectivity index is 1.57. The van der Waals surface area contributed by atoms with Gasteiger partial charge in [0.2, 0.25) is 5.91 Å². The molecule has 0 unspecified atom stereocenters. The minimum Gasteiger partial charge on any atom is -0.494 e. The van der Waals surface area contributed by atoms with E-state index in [0.29, 0.717) is 32.5 Å². The van der Waals surface area contributed by atoms with E-state index < -0.39 is 11.5 Å². The van der Waals surface area contributed by atoms with E-state index in [0.717, 1.165) is 16.9 Å². The fourth-order valence-corrected chi connectivity index (χ4v) is 5.40. The Kier molecular flexibility index (Phi) is 7.65. The Hall–Kier alpha value is -3.76. The van der Waals surface area contributed by atoms with E-state index in [1.807, 2.05) is 68.1 Å². The number of carbonyl (C=O) groups excluding carboxylic acids is 1. The number of nitrogens with zero attached hydrogens (tertiary/aromatic N) is 2. The van der Waals surface area contributed by atoms with Gasteiger partial charge in [-0.3, -0.25) is 9.78 Å². The Morgan fingerprint density at radius 2 is 1.95 bits per heavy atom. The number of hydrogen-bond donors (Lipinski definition) is 2. The molecule has 0 radical (unpaired) electrons. The summed E-state index contributed by atoms with van der Waals surface area (Å²) < 4.78 is 26.4. The fraction of sp³-hybridized carbons (Fsp3) is 0.233. The van der Waals surface area contributed by atoms with E-state index in [1.165, 1.54) is 12.1 Å². The van der Waals surface area contributed by atoms with E-state index in [4.69, 9.17) is 21.4 Å². The Morgan fingerprint density at radius 1 is 1.15 bits per heavy atom. The van der Waals surface area contributed by atoms with Crippen molar-refractivity contribution in [3.63, 3.8) is 0 Å². The molecule has 206 valence electrons. The number of furan rings is 1. The summed E-state index contributed by atoms with van der Waals surface area (Å²) in [7, 11) is 1.56. The zero-order valence-electron chi connectivity index (χ0n) is 22.4. The van der Waals surface area contributed by atoms with Crippen LogP contribution >= 0.6 is 28.1 Å². The number of anilines is 2. The molecular formula is C30H28BrFN4O3S. The van der Waals surface area contributed by atoms with Crippen LogP contribution in [-0.2, 0) is 4.79 Å². The number of thiocarbonyl (C=S) groups is 1. The number of halogens is 2. The van der Waals surface area contributed by atoms with Crippen molar-refractivity contribution in [1.82, 2.24) is 10.3 Å². The molecule has 1 aliphatic heterocycles. The maximum Gasteiger partial charge on any atom is 0.229 e. The number of ether oxygens (including phenoxy) is 1. The minimum atomic E-state index is -0.568. The summed E-state index contributed by atoms with van der Waals surface area (Å²) in [4.78, 5) is 19.2. The zero-order valence-corrected chi connectivity index (χ0v) is 24.8. The first-order valence-electron chi connectivity index (χ1n) is 12.6. The Morgan fingerprint density at radius 3 is 2.62 bits per heavy atom. The maximum absolute atomic E-state index is 13.7. The Bertz CT molecular complexity index is 1570. The lowest BCUT2D eigenvalue weighted by atomic mass is 9.95. The van der Waals surface area contributed by atoms with Crippen LogP contribution in [-0.4, -0.2) is 23.1 Å². The first kappa shape index (κ1) is 27.8. The maximum atomic E-state index is 13.7. The van der Waals surface area contributed by atoms with Crippen molar-refractivity contribution in [2.24, 2.45) is 5.41 Å². The van der Waals surface area contributed by atoms with Gasteiger partial charge in [-0.05, 0) is 82.7 Å². The van der Waals surface area contributed by atoms with Gasteiger partial charge in [0.25, 0.3) is 0 Å². The van der Waals surface area contributed by atoms with E-state index in [1.54, 1.807) is 25.4 Å². The minimum absolute atomic E-state index is 0.125. The summed E-state index contributed by atoms with van der Waals surface area (Å²) in [6.45, 7) is 5.55. The highest BCUT2D eigenvalue weighted by molar-refractivity contribution is 9.10. The van der Waals surface area contributed by atoms with Crippen molar-refractivity contribution < 1.29 is 18.3 Å². The number of methoxy groups -OCH3 is 1. The molecular weight excluding hydrogens is 595 g/mol. The van der Waals surface area contributed by atoms with E-state index >= 15 is 0 Å². The number of carbonyl (C=O) groups is 1. The quantitative estimate of drug-likeness (QED) is 0.217. The molecule has 2 aromatic carbocycles. The average molecular weight is 624 g/mol. The molecule has 1 aliphatic rings. The number of pyridine rings is 1. The lowest BCUT2D eigenvalue weighted by molar-refractivity contribution is -0.123. The van der Waals surface area contributed by atoms with Gasteiger partial charge in [0.15, 0.2) is 5.11 Å². The molecule has 2 N–H and O–H groups in total. The number of hydrogen-bond acceptors (Lipinski definition) is 5. The number of benzene rings is 2. The third kappa shape index (κ3) is 5.46. The summed E-state index contributed by atoms with van der Waals surface area (Å²) in [6.07, 6.45) is 1.73. The number of amides is 1. The molecule has 0 bridgehead atoms. The van der Waals surface area contributed by atoms with Crippen LogP contribution in [0.4, 0.5) is 15.8 Å². The molecule has 0 spiro atoms. The molecule has 1 saturated heterocycles. The van der Waals surface area contributed by atoms with Gasteiger partial charge in [-0.15, -0.1) is 0 Å². The standard InChI is InChI=1S/C30H28BrFN4O3S/c1-30(2,3)28(37)34-21-11-9-18(16-25(21)38-4)36-27(26(35-29(36)40)22-7-5-6-14-33-22)24-13-12-23(39-24)19-10-8-17(32)15-20(19)31/h5-16,26-27H,1-4H3,(H,34,37)(H,35,40)/t26-,27+/m0/s1. The molecule has 4 aromatic rings. The third-order valence-corrected chi connectivity index (χ3v) is 7.58.